The second-order valence-corrected chi connectivity index (χ2v) is 9.23. The highest BCUT2D eigenvalue weighted by molar-refractivity contribution is 5.86. The van der Waals surface area contributed by atoms with Gasteiger partial charge in [-0.15, -0.1) is 0 Å². The third kappa shape index (κ3) is 6.88. The molecule has 3 rings (SSSR count). The molecule has 0 aliphatic heterocycles. The summed E-state index contributed by atoms with van der Waals surface area (Å²) in [5.41, 5.74) is 1.61. The summed E-state index contributed by atoms with van der Waals surface area (Å²) >= 11 is 0. The highest BCUT2D eigenvalue weighted by Gasteiger charge is 2.32. The van der Waals surface area contributed by atoms with E-state index in [1.54, 1.807) is 6.07 Å². The zero-order valence-corrected chi connectivity index (χ0v) is 21.0. The van der Waals surface area contributed by atoms with Crippen LogP contribution < -0.4 is 5.32 Å². The molecule has 7 heteroatoms. The fourth-order valence-corrected chi connectivity index (χ4v) is 4.74. The maximum absolute atomic E-state index is 13.5. The molecule has 0 saturated heterocycles. The van der Waals surface area contributed by atoms with E-state index in [2.05, 4.69) is 24.1 Å². The lowest BCUT2D eigenvalue weighted by atomic mass is 9.87. The van der Waals surface area contributed by atoms with Crippen molar-refractivity contribution in [2.24, 2.45) is 7.05 Å². The van der Waals surface area contributed by atoms with Crippen LogP contribution in [0.15, 0.2) is 54.7 Å². The number of benzene rings is 2. The van der Waals surface area contributed by atoms with Crippen LogP contribution in [0.25, 0.3) is 10.9 Å². The molecule has 1 N–H and O–H groups in total. The molecule has 0 aliphatic rings. The van der Waals surface area contributed by atoms with Gasteiger partial charge in [-0.05, 0) is 62.7 Å². The van der Waals surface area contributed by atoms with Gasteiger partial charge in [0.25, 0.3) is 0 Å². The van der Waals surface area contributed by atoms with E-state index >= 15 is 0 Å². The standard InChI is InChI=1S/C28H36F3N3O/c1-5-34(6-2)16-10-11-20(3)32-27(35)18-24(21-12-9-13-22(17-21)28(29,30)31)25-19-33(4)26-15-8-7-14-23(25)26/h7-9,12-15,17,19-20,24H,5-6,10-11,16,18H2,1-4H3,(H,32,35). The number of alkyl halides is 3. The van der Waals surface area contributed by atoms with Crippen LogP contribution in [0.4, 0.5) is 13.2 Å². The Bertz CT molecular complexity index is 1120. The number of nitrogens with one attached hydrogen (secondary N) is 1. The van der Waals surface area contributed by atoms with Crippen molar-refractivity contribution in [3.63, 3.8) is 0 Å². The van der Waals surface area contributed by atoms with E-state index in [9.17, 15) is 18.0 Å². The maximum atomic E-state index is 13.5. The third-order valence-corrected chi connectivity index (χ3v) is 6.72. The Hall–Kier alpha value is -2.80. The van der Waals surface area contributed by atoms with Crippen LogP contribution in [0.2, 0.25) is 0 Å². The summed E-state index contributed by atoms with van der Waals surface area (Å²) in [6.07, 6.45) is -0.610. The van der Waals surface area contributed by atoms with Crippen molar-refractivity contribution in [3.8, 4) is 0 Å². The zero-order valence-electron chi connectivity index (χ0n) is 21.0. The van der Waals surface area contributed by atoms with Gasteiger partial charge in [-0.25, -0.2) is 0 Å². The van der Waals surface area contributed by atoms with Crippen LogP contribution in [0.1, 0.15) is 62.6 Å². The van der Waals surface area contributed by atoms with Gasteiger partial charge in [0, 0.05) is 42.5 Å². The molecule has 1 aromatic heterocycles. The van der Waals surface area contributed by atoms with Gasteiger partial charge in [0.15, 0.2) is 0 Å². The minimum Gasteiger partial charge on any atom is -0.354 e. The Morgan fingerprint density at radius 3 is 2.49 bits per heavy atom. The number of halogens is 3. The van der Waals surface area contributed by atoms with Crippen molar-refractivity contribution >= 4 is 16.8 Å². The van der Waals surface area contributed by atoms with E-state index < -0.39 is 17.7 Å². The number of carbonyl (C=O) groups excluding carboxylic acids is 1. The number of amides is 1. The van der Waals surface area contributed by atoms with Crippen molar-refractivity contribution < 1.29 is 18.0 Å². The molecular weight excluding hydrogens is 451 g/mol. The second-order valence-electron chi connectivity index (χ2n) is 9.23. The lowest BCUT2D eigenvalue weighted by Gasteiger charge is -2.22. The molecule has 1 heterocycles. The number of hydrogen-bond acceptors (Lipinski definition) is 2. The molecule has 1 amide bonds. The predicted molar refractivity (Wildman–Crippen MR) is 135 cm³/mol. The Balaban J connectivity index is 1.84. The summed E-state index contributed by atoms with van der Waals surface area (Å²) in [4.78, 5) is 15.4. The number of carbonyl (C=O) groups is 1. The number of rotatable bonds is 11. The van der Waals surface area contributed by atoms with E-state index in [1.165, 1.54) is 12.1 Å². The SMILES string of the molecule is CCN(CC)CCCC(C)NC(=O)CC(c1cccc(C(F)(F)F)c1)c1cn(C)c2ccccc12. The highest BCUT2D eigenvalue weighted by atomic mass is 19.4. The van der Waals surface area contributed by atoms with Crippen LogP contribution in [0, 0.1) is 0 Å². The van der Waals surface area contributed by atoms with Crippen molar-refractivity contribution in [1.29, 1.82) is 0 Å². The van der Waals surface area contributed by atoms with Crippen LogP contribution in [0.5, 0.6) is 0 Å². The molecule has 0 spiro atoms. The van der Waals surface area contributed by atoms with Crippen LogP contribution in [-0.4, -0.2) is 41.1 Å². The van der Waals surface area contributed by atoms with E-state index in [0.29, 0.717) is 5.56 Å². The van der Waals surface area contributed by atoms with E-state index in [4.69, 9.17) is 0 Å². The van der Waals surface area contributed by atoms with Crippen molar-refractivity contribution in [3.05, 3.63) is 71.4 Å². The van der Waals surface area contributed by atoms with Gasteiger partial charge in [0.05, 0.1) is 5.56 Å². The Morgan fingerprint density at radius 2 is 1.80 bits per heavy atom. The Morgan fingerprint density at radius 1 is 1.09 bits per heavy atom. The normalized spacial score (nSPS) is 13.8. The minimum atomic E-state index is -4.44. The molecule has 0 radical (unpaired) electrons. The summed E-state index contributed by atoms with van der Waals surface area (Å²) in [7, 11) is 1.91. The Kier molecular flexibility index (Phi) is 9.00. The fraction of sp³-hybridized carbons (Fsp3) is 0.464. The molecule has 3 aromatic rings. The molecule has 2 unspecified atom stereocenters. The summed E-state index contributed by atoms with van der Waals surface area (Å²) in [5.74, 6) is -0.651. The molecule has 2 atom stereocenters. The third-order valence-electron chi connectivity index (χ3n) is 6.72. The maximum Gasteiger partial charge on any atom is 0.416 e. The second kappa shape index (κ2) is 11.8. The van der Waals surface area contributed by atoms with Crippen molar-refractivity contribution in [2.75, 3.05) is 19.6 Å². The van der Waals surface area contributed by atoms with E-state index in [-0.39, 0.29) is 18.4 Å². The first-order valence-corrected chi connectivity index (χ1v) is 12.4. The van der Waals surface area contributed by atoms with Gasteiger partial charge < -0.3 is 14.8 Å². The summed E-state index contributed by atoms with van der Waals surface area (Å²) in [6.45, 7) is 9.24. The molecule has 0 saturated carbocycles. The van der Waals surface area contributed by atoms with Gasteiger partial charge in [0.1, 0.15) is 0 Å². The molecule has 0 bridgehead atoms. The first-order chi connectivity index (χ1) is 16.6. The smallest absolute Gasteiger partial charge is 0.354 e. The molecule has 35 heavy (non-hydrogen) atoms. The summed E-state index contributed by atoms with van der Waals surface area (Å²) in [6, 6.07) is 13.1. The summed E-state index contributed by atoms with van der Waals surface area (Å²) in [5, 5.41) is 4.01. The Labute approximate surface area is 206 Å². The molecule has 0 aliphatic carbocycles. The number of aryl methyl sites for hydroxylation is 1. The lowest BCUT2D eigenvalue weighted by Crippen LogP contribution is -2.34. The van der Waals surface area contributed by atoms with E-state index in [0.717, 1.165) is 55.0 Å². The van der Waals surface area contributed by atoms with Crippen molar-refractivity contribution in [1.82, 2.24) is 14.8 Å². The molecular formula is C28H36F3N3O. The zero-order chi connectivity index (χ0) is 25.6. The highest BCUT2D eigenvalue weighted by Crippen LogP contribution is 2.37. The van der Waals surface area contributed by atoms with Crippen molar-refractivity contribution in [2.45, 2.75) is 58.2 Å². The number of aromatic nitrogens is 1. The van der Waals surface area contributed by atoms with Gasteiger partial charge in [0.2, 0.25) is 5.91 Å². The predicted octanol–water partition coefficient (Wildman–Crippen LogP) is 6.35. The topological polar surface area (TPSA) is 37.3 Å². The molecule has 0 fully saturated rings. The van der Waals surface area contributed by atoms with Gasteiger partial charge >= 0.3 is 6.18 Å². The lowest BCUT2D eigenvalue weighted by molar-refractivity contribution is -0.137. The largest absolute Gasteiger partial charge is 0.416 e. The van der Waals surface area contributed by atoms with Crippen LogP contribution in [-0.2, 0) is 18.0 Å². The van der Waals surface area contributed by atoms with Gasteiger partial charge in [-0.1, -0.05) is 50.2 Å². The van der Waals surface area contributed by atoms with Gasteiger partial charge in [-0.3, -0.25) is 4.79 Å². The number of nitrogens with zero attached hydrogens (tertiary/aromatic N) is 2. The minimum absolute atomic E-state index is 0.00672. The first kappa shape index (κ1) is 26.8. The van der Waals surface area contributed by atoms with Gasteiger partial charge in [-0.2, -0.15) is 13.2 Å². The average Bonchev–Trinajstić information content (AvgIpc) is 3.16. The number of para-hydroxylation sites is 1. The quantitative estimate of drug-likeness (QED) is 0.342. The van der Waals surface area contributed by atoms with Crippen LogP contribution in [0.3, 0.4) is 0 Å². The molecule has 4 nitrogen and oxygen atoms in total. The average molecular weight is 488 g/mol. The fourth-order valence-electron chi connectivity index (χ4n) is 4.74. The number of hydrogen-bond donors (Lipinski definition) is 1. The molecule has 190 valence electrons. The molecule has 2 aromatic carbocycles. The van der Waals surface area contributed by atoms with E-state index in [1.807, 2.05) is 49.0 Å². The number of fused-ring (bicyclic) bond motifs is 1. The first-order valence-electron chi connectivity index (χ1n) is 12.4. The van der Waals surface area contributed by atoms with Crippen LogP contribution >= 0.6 is 0 Å². The summed E-state index contributed by atoms with van der Waals surface area (Å²) < 4.78 is 42.4. The monoisotopic (exact) mass is 487 g/mol.